The molecule has 228 valence electrons. The van der Waals surface area contributed by atoms with Crippen LogP contribution in [0.1, 0.15) is 60.4 Å². The van der Waals surface area contributed by atoms with Crippen molar-refractivity contribution < 1.29 is 27.1 Å². The Labute approximate surface area is 258 Å². The zero-order chi connectivity index (χ0) is 32.1. The number of ether oxygens (including phenoxy) is 1. The number of hydrogen-bond donors (Lipinski definition) is 1. The predicted octanol–water partition coefficient (Wildman–Crippen LogP) is 8.63. The summed E-state index contributed by atoms with van der Waals surface area (Å²) < 4.78 is 60.5. The number of carbonyl (C=O) groups is 1. The summed E-state index contributed by atoms with van der Waals surface area (Å²) >= 11 is 6.15. The van der Waals surface area contributed by atoms with Crippen molar-refractivity contribution in [2.24, 2.45) is 11.1 Å². The molecule has 3 aromatic carbocycles. The van der Waals surface area contributed by atoms with Gasteiger partial charge in [-0.2, -0.15) is 18.4 Å². The number of alkyl halides is 3. The summed E-state index contributed by atoms with van der Waals surface area (Å²) in [6.07, 6.45) is -4.05. The molecule has 10 heteroatoms. The summed E-state index contributed by atoms with van der Waals surface area (Å²) in [6, 6.07) is 14.5. The molecule has 1 aliphatic heterocycles. The molecule has 0 radical (unpaired) electrons. The Bertz CT molecular complexity index is 1790. The molecule has 1 heterocycles. The SMILES string of the molecule is Cc1cc(C)c(C2C(C#N)=C(N)N(c3cccc(C(F)(F)F)c3)C3=C2C(=O)CC(C)(C)C3)cc1COc1ccc(F)cc1Cl. The van der Waals surface area contributed by atoms with Crippen LogP contribution in [0.2, 0.25) is 5.02 Å². The zero-order valence-electron chi connectivity index (χ0n) is 24.6. The Balaban J connectivity index is 1.67. The van der Waals surface area contributed by atoms with Gasteiger partial charge in [-0.05, 0) is 84.3 Å². The second-order valence-electron chi connectivity index (χ2n) is 12.0. The highest BCUT2D eigenvalue weighted by atomic mass is 35.5. The number of anilines is 1. The lowest BCUT2D eigenvalue weighted by Crippen LogP contribution is -2.42. The van der Waals surface area contributed by atoms with Gasteiger partial charge in [-0.1, -0.05) is 43.6 Å². The largest absolute Gasteiger partial charge is 0.487 e. The molecule has 1 aliphatic carbocycles. The Morgan fingerprint density at radius 1 is 1.09 bits per heavy atom. The van der Waals surface area contributed by atoms with Crippen molar-refractivity contribution in [1.29, 1.82) is 5.26 Å². The van der Waals surface area contributed by atoms with E-state index in [4.69, 9.17) is 22.1 Å². The summed E-state index contributed by atoms with van der Waals surface area (Å²) in [6.45, 7) is 7.67. The smallest absolute Gasteiger partial charge is 0.416 e. The first-order valence-corrected chi connectivity index (χ1v) is 14.3. The summed E-state index contributed by atoms with van der Waals surface area (Å²) in [5, 5.41) is 10.6. The Hall–Kier alpha value is -4.29. The maximum Gasteiger partial charge on any atom is 0.416 e. The van der Waals surface area contributed by atoms with Crippen molar-refractivity contribution in [3.8, 4) is 11.8 Å². The van der Waals surface area contributed by atoms with Crippen molar-refractivity contribution in [1.82, 2.24) is 0 Å². The predicted molar refractivity (Wildman–Crippen MR) is 160 cm³/mol. The van der Waals surface area contributed by atoms with Crippen LogP contribution in [0.3, 0.4) is 0 Å². The lowest BCUT2D eigenvalue weighted by molar-refractivity contribution is -0.137. The van der Waals surface area contributed by atoms with Gasteiger partial charge in [0.1, 0.15) is 24.0 Å². The summed E-state index contributed by atoms with van der Waals surface area (Å²) in [5.41, 5.74) is 9.37. The number of rotatable bonds is 5. The molecule has 0 bridgehead atoms. The van der Waals surface area contributed by atoms with Crippen LogP contribution >= 0.6 is 11.6 Å². The van der Waals surface area contributed by atoms with E-state index in [-0.39, 0.29) is 40.9 Å². The molecule has 1 unspecified atom stereocenters. The molecule has 0 saturated heterocycles. The zero-order valence-corrected chi connectivity index (χ0v) is 25.3. The minimum Gasteiger partial charge on any atom is -0.487 e. The lowest BCUT2D eigenvalue weighted by atomic mass is 9.68. The topological polar surface area (TPSA) is 79.4 Å². The molecule has 0 saturated carbocycles. The number of hydrogen-bond acceptors (Lipinski definition) is 5. The van der Waals surface area contributed by atoms with Gasteiger partial charge in [0.15, 0.2) is 5.78 Å². The third-order valence-electron chi connectivity index (χ3n) is 8.13. The first-order valence-electron chi connectivity index (χ1n) is 13.9. The first kappa shape index (κ1) is 31.1. The van der Waals surface area contributed by atoms with Gasteiger partial charge in [0.2, 0.25) is 0 Å². The van der Waals surface area contributed by atoms with Crippen LogP contribution < -0.4 is 15.4 Å². The molecule has 0 spiro atoms. The lowest BCUT2D eigenvalue weighted by Gasteiger charge is -2.44. The van der Waals surface area contributed by atoms with Crippen molar-refractivity contribution in [2.45, 2.75) is 59.2 Å². The van der Waals surface area contributed by atoms with Crippen molar-refractivity contribution >= 4 is 23.1 Å². The molecular formula is C34H30ClF4N3O2. The molecule has 0 amide bonds. The van der Waals surface area contributed by atoms with Crippen LogP contribution in [0.4, 0.5) is 23.2 Å². The van der Waals surface area contributed by atoms with Crippen molar-refractivity contribution in [3.63, 3.8) is 0 Å². The van der Waals surface area contributed by atoms with Crippen LogP contribution in [0, 0.1) is 36.4 Å². The van der Waals surface area contributed by atoms with Gasteiger partial charge in [0, 0.05) is 23.4 Å². The Kier molecular flexibility index (Phi) is 8.02. The average Bonchev–Trinajstić information content (AvgIpc) is 2.92. The van der Waals surface area contributed by atoms with Crippen molar-refractivity contribution in [2.75, 3.05) is 4.90 Å². The number of nitrogens with two attached hydrogens (primary N) is 1. The number of carbonyl (C=O) groups excluding carboxylic acids is 1. The third-order valence-corrected chi connectivity index (χ3v) is 8.42. The number of nitriles is 1. The van der Waals surface area contributed by atoms with Gasteiger partial charge >= 0.3 is 6.18 Å². The van der Waals surface area contributed by atoms with E-state index >= 15 is 0 Å². The minimum atomic E-state index is -4.60. The van der Waals surface area contributed by atoms with Crippen molar-refractivity contribution in [3.05, 3.63) is 116 Å². The molecule has 5 nitrogen and oxygen atoms in total. The van der Waals surface area contributed by atoms with Crippen LogP contribution in [-0.2, 0) is 17.6 Å². The Morgan fingerprint density at radius 2 is 1.82 bits per heavy atom. The number of allylic oxidation sites excluding steroid dienone is 3. The molecule has 44 heavy (non-hydrogen) atoms. The van der Waals surface area contributed by atoms with E-state index in [9.17, 15) is 27.6 Å². The summed E-state index contributed by atoms with van der Waals surface area (Å²) in [7, 11) is 0. The molecule has 0 aromatic heterocycles. The normalized spacial score (nSPS) is 18.3. The van der Waals surface area contributed by atoms with E-state index in [1.54, 1.807) is 0 Å². The maximum atomic E-state index is 13.9. The van der Waals surface area contributed by atoms with Gasteiger partial charge < -0.3 is 10.5 Å². The first-order chi connectivity index (χ1) is 20.6. The van der Waals surface area contributed by atoms with Crippen LogP contribution in [0.15, 0.2) is 77.3 Å². The quantitative estimate of drug-likeness (QED) is 0.288. The second-order valence-corrected chi connectivity index (χ2v) is 12.4. The molecular weight excluding hydrogens is 594 g/mol. The van der Waals surface area contributed by atoms with E-state index in [2.05, 4.69) is 6.07 Å². The van der Waals surface area contributed by atoms with Gasteiger partial charge in [0.25, 0.3) is 0 Å². The van der Waals surface area contributed by atoms with E-state index in [1.165, 1.54) is 29.2 Å². The number of nitrogens with zero attached hydrogens (tertiary/aromatic N) is 2. The van der Waals surface area contributed by atoms with Gasteiger partial charge in [-0.15, -0.1) is 0 Å². The number of ketones is 1. The van der Waals surface area contributed by atoms with Crippen LogP contribution in [-0.4, -0.2) is 5.78 Å². The highest BCUT2D eigenvalue weighted by Crippen LogP contribution is 2.51. The fraction of sp³-hybridized carbons (Fsp3) is 0.294. The molecule has 1 atom stereocenters. The fourth-order valence-corrected chi connectivity index (χ4v) is 6.29. The molecule has 3 aromatic rings. The van der Waals surface area contributed by atoms with E-state index in [1.807, 2.05) is 39.8 Å². The van der Waals surface area contributed by atoms with E-state index in [0.29, 0.717) is 29.0 Å². The maximum absolute atomic E-state index is 13.9. The molecule has 2 N–H and O–H groups in total. The molecule has 2 aliphatic rings. The highest BCUT2D eigenvalue weighted by molar-refractivity contribution is 6.32. The number of aryl methyl sites for hydroxylation is 2. The van der Waals surface area contributed by atoms with Gasteiger partial charge in [-0.3, -0.25) is 9.69 Å². The number of Topliss-reactive ketones (excluding diaryl/α,β-unsaturated/α-hetero) is 1. The molecule has 5 rings (SSSR count). The average molecular weight is 624 g/mol. The van der Waals surface area contributed by atoms with E-state index in [0.717, 1.165) is 34.9 Å². The van der Waals surface area contributed by atoms with Crippen LogP contribution in [0.25, 0.3) is 0 Å². The number of halogens is 5. The fourth-order valence-electron chi connectivity index (χ4n) is 6.07. The number of benzene rings is 3. The summed E-state index contributed by atoms with van der Waals surface area (Å²) in [5.74, 6) is -1.27. The highest BCUT2D eigenvalue weighted by Gasteiger charge is 2.45. The van der Waals surface area contributed by atoms with Crippen LogP contribution in [0.5, 0.6) is 5.75 Å². The Morgan fingerprint density at radius 3 is 2.48 bits per heavy atom. The standard InChI is InChI=1S/C34H30ClF4N3O2/c1-18-10-19(2)24(11-20(18)17-44-29-9-8-22(36)13-26(29)35)30-25(16-40)32(41)42(23-7-5-6-21(12-23)34(37,38)39)27-14-33(3,4)15-28(43)31(27)30/h5-13,30H,14-15,17,41H2,1-4H3. The molecule has 0 fully saturated rings. The second kappa shape index (κ2) is 11.3. The van der Waals surface area contributed by atoms with Gasteiger partial charge in [0.05, 0.1) is 28.1 Å². The third kappa shape index (κ3) is 5.79. The van der Waals surface area contributed by atoms with E-state index < -0.39 is 28.9 Å². The summed E-state index contributed by atoms with van der Waals surface area (Å²) in [4.78, 5) is 15.4. The monoisotopic (exact) mass is 623 g/mol. The minimum absolute atomic E-state index is 0.0306. The van der Waals surface area contributed by atoms with Gasteiger partial charge in [-0.25, -0.2) is 4.39 Å².